The van der Waals surface area contributed by atoms with Gasteiger partial charge in [-0.25, -0.2) is 4.79 Å². The van der Waals surface area contributed by atoms with Crippen molar-refractivity contribution in [3.8, 4) is 0 Å². The number of nitrogens with zero attached hydrogens (tertiary/aromatic N) is 3. The van der Waals surface area contributed by atoms with Gasteiger partial charge in [0.2, 0.25) is 0 Å². The van der Waals surface area contributed by atoms with Gasteiger partial charge in [-0.3, -0.25) is 9.36 Å². The molecule has 26 heavy (non-hydrogen) atoms. The molecule has 0 bridgehead atoms. The molecule has 2 aliphatic rings. The molecule has 2 atom stereocenters. The Morgan fingerprint density at radius 3 is 2.65 bits per heavy atom. The van der Waals surface area contributed by atoms with Crippen molar-refractivity contribution < 1.29 is 9.90 Å². The Bertz CT molecular complexity index is 881. The Morgan fingerprint density at radius 1 is 1.27 bits per heavy atom. The molecule has 2 heterocycles. The predicted octanol–water partition coefficient (Wildman–Crippen LogP) is 1.19. The lowest BCUT2D eigenvalue weighted by atomic mass is 10.1. The molecular weight excluding hydrogens is 332 g/mol. The summed E-state index contributed by atoms with van der Waals surface area (Å²) in [6.45, 7) is 1.22. The Labute approximate surface area is 152 Å². The molecule has 1 saturated carbocycles. The Morgan fingerprint density at radius 2 is 2.00 bits per heavy atom. The van der Waals surface area contributed by atoms with Crippen LogP contribution in [0, 0.1) is 0 Å². The molecule has 1 aromatic carbocycles. The van der Waals surface area contributed by atoms with Gasteiger partial charge in [0.25, 0.3) is 5.91 Å². The Kier molecular flexibility index (Phi) is 4.36. The average Bonchev–Trinajstić information content (AvgIpc) is 3.31. The first-order valence-electron chi connectivity index (χ1n) is 9.33. The molecule has 2 fully saturated rings. The number of rotatable bonds is 3. The van der Waals surface area contributed by atoms with E-state index in [0.29, 0.717) is 24.2 Å². The van der Waals surface area contributed by atoms with Crippen LogP contribution in [0.25, 0.3) is 11.0 Å². The number of aromatic amines is 1. The van der Waals surface area contributed by atoms with E-state index in [0.717, 1.165) is 31.2 Å². The monoisotopic (exact) mass is 358 g/mol. The summed E-state index contributed by atoms with van der Waals surface area (Å²) < 4.78 is 1.84. The third-order valence-electron chi connectivity index (χ3n) is 5.91. The highest BCUT2D eigenvalue weighted by Crippen LogP contribution is 2.31. The predicted molar refractivity (Wildman–Crippen MR) is 99.4 cm³/mol. The Hall–Kier alpha value is -2.12. The first-order valence-corrected chi connectivity index (χ1v) is 9.33. The van der Waals surface area contributed by atoms with E-state index in [-0.39, 0.29) is 23.7 Å². The van der Waals surface area contributed by atoms with Gasteiger partial charge < -0.3 is 19.9 Å². The molecule has 2 aromatic rings. The maximum Gasteiger partial charge on any atom is 0.326 e. The molecule has 0 spiro atoms. The molecule has 1 amide bonds. The van der Waals surface area contributed by atoms with Crippen molar-refractivity contribution in [2.75, 3.05) is 27.2 Å². The van der Waals surface area contributed by atoms with Crippen molar-refractivity contribution in [2.45, 2.75) is 43.9 Å². The number of H-pyrrole nitrogens is 1. The summed E-state index contributed by atoms with van der Waals surface area (Å²) in [5, 5.41) is 10.2. The first kappa shape index (κ1) is 17.3. The van der Waals surface area contributed by atoms with Gasteiger partial charge in [0.15, 0.2) is 0 Å². The molecule has 1 aliphatic carbocycles. The molecule has 140 valence electrons. The summed E-state index contributed by atoms with van der Waals surface area (Å²) in [5.74, 6) is -0.138. The number of aliphatic hydroxyl groups is 1. The van der Waals surface area contributed by atoms with Gasteiger partial charge in [-0.15, -0.1) is 0 Å². The number of carbonyl (C=O) groups excluding carboxylic acids is 1. The molecule has 7 nitrogen and oxygen atoms in total. The average molecular weight is 358 g/mol. The SMILES string of the molecule is CN1C[C@@H](O)[C@H](N(C)C(=O)c2ccc3c(c2)[nH]c(=O)n3C2CCCC2)C1. The van der Waals surface area contributed by atoms with E-state index in [9.17, 15) is 14.7 Å². The summed E-state index contributed by atoms with van der Waals surface area (Å²) in [7, 11) is 3.66. The van der Waals surface area contributed by atoms with Crippen molar-refractivity contribution in [2.24, 2.45) is 0 Å². The van der Waals surface area contributed by atoms with Gasteiger partial charge in [-0.2, -0.15) is 0 Å². The number of imidazole rings is 1. The zero-order chi connectivity index (χ0) is 18.4. The quantitative estimate of drug-likeness (QED) is 0.864. The van der Waals surface area contributed by atoms with Crippen molar-refractivity contribution in [3.05, 3.63) is 34.2 Å². The standard InChI is InChI=1S/C19H26N4O3/c1-21-10-16(17(24)11-21)22(2)18(25)12-7-8-15-14(9-12)20-19(26)23(15)13-5-3-4-6-13/h7-9,13,16-17,24H,3-6,10-11H2,1-2H3,(H,20,26)/t16-,17-/m1/s1. The van der Waals surface area contributed by atoms with Gasteiger partial charge in [-0.1, -0.05) is 12.8 Å². The molecule has 1 aromatic heterocycles. The molecule has 1 aliphatic heterocycles. The minimum Gasteiger partial charge on any atom is -0.390 e. The number of benzene rings is 1. The van der Waals surface area contributed by atoms with E-state index in [4.69, 9.17) is 0 Å². The van der Waals surface area contributed by atoms with Gasteiger partial charge in [0.1, 0.15) is 0 Å². The second kappa shape index (κ2) is 6.55. The normalized spacial score (nSPS) is 24.6. The summed E-state index contributed by atoms with van der Waals surface area (Å²) in [6, 6.07) is 5.44. The van der Waals surface area contributed by atoms with Crippen LogP contribution in [-0.4, -0.2) is 69.7 Å². The van der Waals surface area contributed by atoms with E-state index in [1.807, 2.05) is 22.6 Å². The van der Waals surface area contributed by atoms with Gasteiger partial charge in [0.05, 0.1) is 23.2 Å². The first-order chi connectivity index (χ1) is 12.5. The number of likely N-dealkylation sites (N-methyl/N-ethyl adjacent to an activating group) is 2. The van der Waals surface area contributed by atoms with Crippen molar-refractivity contribution in [1.82, 2.24) is 19.4 Å². The molecule has 7 heteroatoms. The topological polar surface area (TPSA) is 81.6 Å². The van der Waals surface area contributed by atoms with Crippen LogP contribution in [0.4, 0.5) is 0 Å². The van der Waals surface area contributed by atoms with Crippen LogP contribution in [0.1, 0.15) is 42.1 Å². The fraction of sp³-hybridized carbons (Fsp3) is 0.579. The summed E-state index contributed by atoms with van der Waals surface area (Å²) >= 11 is 0. The van der Waals surface area contributed by atoms with E-state index < -0.39 is 6.10 Å². The highest BCUT2D eigenvalue weighted by atomic mass is 16.3. The van der Waals surface area contributed by atoms with Gasteiger partial charge >= 0.3 is 5.69 Å². The van der Waals surface area contributed by atoms with Crippen molar-refractivity contribution >= 4 is 16.9 Å². The van der Waals surface area contributed by atoms with Crippen LogP contribution < -0.4 is 5.69 Å². The van der Waals surface area contributed by atoms with Crippen LogP contribution in [0.15, 0.2) is 23.0 Å². The smallest absolute Gasteiger partial charge is 0.326 e. The third-order valence-corrected chi connectivity index (χ3v) is 5.91. The summed E-state index contributed by atoms with van der Waals surface area (Å²) in [5.41, 5.74) is 1.99. The fourth-order valence-corrected chi connectivity index (χ4v) is 4.48. The van der Waals surface area contributed by atoms with Crippen molar-refractivity contribution in [1.29, 1.82) is 0 Å². The van der Waals surface area contributed by atoms with E-state index in [1.54, 1.807) is 24.1 Å². The number of aliphatic hydroxyl groups excluding tert-OH is 1. The maximum absolute atomic E-state index is 12.9. The molecule has 4 rings (SSSR count). The Balaban J connectivity index is 1.63. The number of aromatic nitrogens is 2. The van der Waals surface area contributed by atoms with Crippen molar-refractivity contribution in [3.63, 3.8) is 0 Å². The second-order valence-corrected chi connectivity index (χ2v) is 7.74. The maximum atomic E-state index is 12.9. The van der Waals surface area contributed by atoms with Crippen LogP contribution in [-0.2, 0) is 0 Å². The van der Waals surface area contributed by atoms with Crippen LogP contribution in [0.3, 0.4) is 0 Å². The highest BCUT2D eigenvalue weighted by molar-refractivity contribution is 5.97. The molecule has 0 radical (unpaired) electrons. The number of amides is 1. The lowest BCUT2D eigenvalue weighted by molar-refractivity contribution is 0.0581. The number of hydrogen-bond acceptors (Lipinski definition) is 4. The van der Waals surface area contributed by atoms with Gasteiger partial charge in [-0.05, 0) is 38.1 Å². The molecule has 0 unspecified atom stereocenters. The van der Waals surface area contributed by atoms with E-state index in [1.165, 1.54) is 0 Å². The van der Waals surface area contributed by atoms with E-state index >= 15 is 0 Å². The summed E-state index contributed by atoms with van der Waals surface area (Å²) in [6.07, 6.45) is 3.83. The summed E-state index contributed by atoms with van der Waals surface area (Å²) in [4.78, 5) is 31.8. The largest absolute Gasteiger partial charge is 0.390 e. The highest BCUT2D eigenvalue weighted by Gasteiger charge is 2.34. The number of nitrogens with one attached hydrogen (secondary N) is 1. The second-order valence-electron chi connectivity index (χ2n) is 7.74. The minimum atomic E-state index is -0.541. The third kappa shape index (κ3) is 2.85. The van der Waals surface area contributed by atoms with Gasteiger partial charge in [0, 0.05) is 31.7 Å². The van der Waals surface area contributed by atoms with Crippen LogP contribution >= 0.6 is 0 Å². The lowest BCUT2D eigenvalue weighted by Gasteiger charge is -2.26. The number of likely N-dealkylation sites (tertiary alicyclic amines) is 1. The van der Waals surface area contributed by atoms with Crippen LogP contribution in [0.2, 0.25) is 0 Å². The lowest BCUT2D eigenvalue weighted by Crippen LogP contribution is -2.44. The zero-order valence-electron chi connectivity index (χ0n) is 15.3. The number of carbonyl (C=O) groups is 1. The zero-order valence-corrected chi connectivity index (χ0v) is 15.3. The number of hydrogen-bond donors (Lipinski definition) is 2. The molecular formula is C19H26N4O3. The van der Waals surface area contributed by atoms with E-state index in [2.05, 4.69) is 4.98 Å². The number of β-amino-alcohol motifs (C(OH)–C–C–N with tert-alkyl or cyclic N) is 1. The number of fused-ring (bicyclic) bond motifs is 1. The van der Waals surface area contributed by atoms with Crippen LogP contribution in [0.5, 0.6) is 0 Å². The molecule has 1 saturated heterocycles. The minimum absolute atomic E-state index is 0.0994. The fourth-order valence-electron chi connectivity index (χ4n) is 4.48. The molecule has 2 N–H and O–H groups in total.